The van der Waals surface area contributed by atoms with Crippen molar-refractivity contribution in [3.63, 3.8) is 0 Å². The van der Waals surface area contributed by atoms with Crippen LogP contribution in [-0.4, -0.2) is 33.5 Å². The summed E-state index contributed by atoms with van der Waals surface area (Å²) in [6.07, 6.45) is 0.184. The van der Waals surface area contributed by atoms with Crippen molar-refractivity contribution < 1.29 is 24.9 Å². The fourth-order valence-electron chi connectivity index (χ4n) is 3.94. The number of aliphatic hydroxyl groups is 1. The Morgan fingerprint density at radius 1 is 1.28 bits per heavy atom. The van der Waals surface area contributed by atoms with Crippen molar-refractivity contribution in [3.8, 4) is 11.5 Å². The summed E-state index contributed by atoms with van der Waals surface area (Å²) in [4.78, 5) is 12.4. The molecule has 0 saturated heterocycles. The van der Waals surface area contributed by atoms with E-state index < -0.39 is 12.1 Å². The molecular weight excluding hydrogens is 320 g/mol. The summed E-state index contributed by atoms with van der Waals surface area (Å²) in [5, 5.41) is 29.1. The maximum absolute atomic E-state index is 12.4. The number of carbonyl (C=O) groups is 1. The van der Waals surface area contributed by atoms with E-state index in [4.69, 9.17) is 4.74 Å². The van der Waals surface area contributed by atoms with E-state index in [0.717, 1.165) is 12.8 Å². The van der Waals surface area contributed by atoms with Crippen LogP contribution in [0.4, 0.5) is 0 Å². The van der Waals surface area contributed by atoms with Crippen LogP contribution >= 0.6 is 0 Å². The number of aliphatic hydroxyl groups excluding tert-OH is 1. The van der Waals surface area contributed by atoms with Crippen LogP contribution in [-0.2, 0) is 16.0 Å². The summed E-state index contributed by atoms with van der Waals surface area (Å²) >= 11 is 0. The van der Waals surface area contributed by atoms with Crippen LogP contribution in [0, 0.1) is 16.7 Å². The normalized spacial score (nSPS) is 29.4. The molecule has 5 nitrogen and oxygen atoms in total. The molecule has 1 aliphatic rings. The van der Waals surface area contributed by atoms with Crippen molar-refractivity contribution >= 4 is 5.97 Å². The highest BCUT2D eigenvalue weighted by Gasteiger charge is 2.56. The molecule has 1 aliphatic carbocycles. The Morgan fingerprint density at radius 2 is 1.92 bits per heavy atom. The van der Waals surface area contributed by atoms with Crippen molar-refractivity contribution in [1.82, 2.24) is 0 Å². The molecule has 0 radical (unpaired) electrons. The van der Waals surface area contributed by atoms with Gasteiger partial charge in [-0.25, -0.2) is 4.79 Å². The number of benzene rings is 1. The highest BCUT2D eigenvalue weighted by atomic mass is 16.6. The second-order valence-corrected chi connectivity index (χ2v) is 8.10. The average molecular weight is 350 g/mol. The third-order valence-corrected chi connectivity index (χ3v) is 6.72. The van der Waals surface area contributed by atoms with Crippen LogP contribution in [0.15, 0.2) is 18.2 Å². The van der Waals surface area contributed by atoms with Gasteiger partial charge in [-0.3, -0.25) is 0 Å². The fraction of sp³-hybridized carbons (Fsp3) is 0.650. The fourth-order valence-corrected chi connectivity index (χ4v) is 3.94. The summed E-state index contributed by atoms with van der Waals surface area (Å²) in [7, 11) is 0. The van der Waals surface area contributed by atoms with Gasteiger partial charge in [-0.15, -0.1) is 0 Å². The molecule has 0 aliphatic heterocycles. The zero-order valence-electron chi connectivity index (χ0n) is 15.7. The van der Waals surface area contributed by atoms with Crippen LogP contribution in [0.2, 0.25) is 0 Å². The van der Waals surface area contributed by atoms with E-state index in [1.165, 1.54) is 12.1 Å². The smallest absolute Gasteiger partial charge is 0.335 e. The second-order valence-electron chi connectivity index (χ2n) is 8.10. The van der Waals surface area contributed by atoms with Gasteiger partial charge in [-0.2, -0.15) is 0 Å². The Bertz CT molecular complexity index is 639. The average Bonchev–Trinajstić information content (AvgIpc) is 2.71. The van der Waals surface area contributed by atoms with Crippen molar-refractivity contribution in [3.05, 3.63) is 23.8 Å². The molecule has 2 rings (SSSR count). The maximum atomic E-state index is 12.4. The van der Waals surface area contributed by atoms with Gasteiger partial charge >= 0.3 is 5.97 Å². The monoisotopic (exact) mass is 350 g/mol. The predicted molar refractivity (Wildman–Crippen MR) is 95.3 cm³/mol. The standard InChI is InChI=1S/C20H30O5/c1-6-20(5)17(9-12(2)19(20,3)4)25-18(24)16(23)11-13-7-8-14(21)15(22)10-13/h7-8,10,12,16-17,21-23H,6,9,11H2,1-5H3/t12?,16-,17+,20?/m1/s1. The lowest BCUT2D eigenvalue weighted by Gasteiger charge is -2.42. The molecule has 0 heterocycles. The van der Waals surface area contributed by atoms with Gasteiger partial charge in [0.1, 0.15) is 6.10 Å². The van der Waals surface area contributed by atoms with E-state index in [2.05, 4.69) is 34.6 Å². The Morgan fingerprint density at radius 3 is 2.48 bits per heavy atom. The van der Waals surface area contributed by atoms with Crippen molar-refractivity contribution in [2.24, 2.45) is 16.7 Å². The maximum Gasteiger partial charge on any atom is 0.335 e. The van der Waals surface area contributed by atoms with Crippen LogP contribution in [0.5, 0.6) is 11.5 Å². The number of carbonyl (C=O) groups excluding carboxylic acids is 1. The van der Waals surface area contributed by atoms with E-state index in [1.807, 2.05) is 0 Å². The first-order valence-corrected chi connectivity index (χ1v) is 8.92. The molecule has 1 saturated carbocycles. The van der Waals surface area contributed by atoms with E-state index in [9.17, 15) is 20.1 Å². The van der Waals surface area contributed by atoms with E-state index in [-0.39, 0.29) is 34.9 Å². The molecule has 25 heavy (non-hydrogen) atoms. The van der Waals surface area contributed by atoms with Crippen molar-refractivity contribution in [2.45, 2.75) is 66.1 Å². The van der Waals surface area contributed by atoms with Gasteiger partial charge in [0.15, 0.2) is 17.6 Å². The second kappa shape index (κ2) is 6.87. The Labute approximate surface area is 149 Å². The highest BCUT2D eigenvalue weighted by molar-refractivity contribution is 5.75. The Hall–Kier alpha value is -1.75. The lowest BCUT2D eigenvalue weighted by molar-refractivity contribution is -0.166. The van der Waals surface area contributed by atoms with Crippen LogP contribution in [0.1, 0.15) is 53.0 Å². The molecule has 0 bridgehead atoms. The number of esters is 1. The molecule has 0 aromatic heterocycles. The number of hydrogen-bond donors (Lipinski definition) is 3. The van der Waals surface area contributed by atoms with E-state index in [0.29, 0.717) is 11.5 Å². The van der Waals surface area contributed by atoms with Crippen molar-refractivity contribution in [1.29, 1.82) is 0 Å². The number of hydrogen-bond acceptors (Lipinski definition) is 5. The third-order valence-electron chi connectivity index (χ3n) is 6.72. The zero-order valence-corrected chi connectivity index (χ0v) is 15.7. The Kier molecular flexibility index (Phi) is 5.38. The van der Waals surface area contributed by atoms with Crippen LogP contribution < -0.4 is 0 Å². The molecule has 1 aromatic carbocycles. The summed E-state index contributed by atoms with van der Waals surface area (Å²) in [6, 6.07) is 4.23. The quantitative estimate of drug-likeness (QED) is 0.560. The van der Waals surface area contributed by atoms with Crippen molar-refractivity contribution in [2.75, 3.05) is 0 Å². The minimum atomic E-state index is -1.30. The third kappa shape index (κ3) is 3.47. The summed E-state index contributed by atoms with van der Waals surface area (Å²) in [6.45, 7) is 10.9. The van der Waals surface area contributed by atoms with Gasteiger partial charge < -0.3 is 20.1 Å². The molecule has 0 amide bonds. The number of aromatic hydroxyl groups is 2. The summed E-state index contributed by atoms with van der Waals surface area (Å²) in [5.41, 5.74) is 0.456. The molecule has 0 spiro atoms. The molecular formula is C20H30O5. The number of phenols is 2. The molecule has 5 heteroatoms. The van der Waals surface area contributed by atoms with Gasteiger partial charge in [0, 0.05) is 11.8 Å². The number of rotatable bonds is 5. The van der Waals surface area contributed by atoms with Gasteiger partial charge in [0.25, 0.3) is 0 Å². The minimum absolute atomic E-state index is 0.0289. The lowest BCUT2D eigenvalue weighted by atomic mass is 9.64. The predicted octanol–water partition coefficient (Wildman–Crippen LogP) is 3.40. The van der Waals surface area contributed by atoms with Gasteiger partial charge in [0.05, 0.1) is 0 Å². The topological polar surface area (TPSA) is 87.0 Å². The SMILES string of the molecule is CCC1(C)[C@@H](OC(=O)[C@H](O)Cc2ccc(O)c(O)c2)CC(C)C1(C)C. The first kappa shape index (κ1) is 19.6. The zero-order chi connectivity index (χ0) is 19.0. The minimum Gasteiger partial charge on any atom is -0.504 e. The first-order valence-electron chi connectivity index (χ1n) is 8.92. The molecule has 4 atom stereocenters. The Balaban J connectivity index is 2.07. The number of phenolic OH excluding ortho intramolecular Hbond substituents is 2. The summed E-state index contributed by atoms with van der Waals surface area (Å²) in [5.74, 6) is -0.728. The first-order chi connectivity index (χ1) is 11.5. The molecule has 2 unspecified atom stereocenters. The summed E-state index contributed by atoms with van der Waals surface area (Å²) < 4.78 is 5.71. The van der Waals surface area contributed by atoms with E-state index >= 15 is 0 Å². The largest absolute Gasteiger partial charge is 0.504 e. The molecule has 1 fully saturated rings. The van der Waals surface area contributed by atoms with Gasteiger partial charge in [0.2, 0.25) is 0 Å². The van der Waals surface area contributed by atoms with Gasteiger partial charge in [-0.1, -0.05) is 40.7 Å². The number of ether oxygens (including phenoxy) is 1. The molecule has 140 valence electrons. The van der Waals surface area contributed by atoms with Crippen LogP contribution in [0.3, 0.4) is 0 Å². The van der Waals surface area contributed by atoms with Crippen LogP contribution in [0.25, 0.3) is 0 Å². The molecule has 1 aromatic rings. The van der Waals surface area contributed by atoms with Gasteiger partial charge in [-0.05, 0) is 41.9 Å². The highest BCUT2D eigenvalue weighted by Crippen LogP contribution is 2.58. The lowest BCUT2D eigenvalue weighted by Crippen LogP contribution is -2.42. The van der Waals surface area contributed by atoms with E-state index in [1.54, 1.807) is 6.07 Å². The molecule has 3 N–H and O–H groups in total.